The van der Waals surface area contributed by atoms with Crippen LogP contribution in [-0.4, -0.2) is 30.2 Å². The Bertz CT molecular complexity index is 503. The van der Waals surface area contributed by atoms with Crippen LogP contribution < -0.4 is 0 Å². The first-order chi connectivity index (χ1) is 8.54. The third-order valence-electron chi connectivity index (χ3n) is 2.38. The van der Waals surface area contributed by atoms with E-state index in [1.54, 1.807) is 17.8 Å². The van der Waals surface area contributed by atoms with Gasteiger partial charge in [0.1, 0.15) is 12.2 Å². The highest BCUT2D eigenvalue weighted by molar-refractivity contribution is 4.97. The van der Waals surface area contributed by atoms with Crippen LogP contribution in [0.5, 0.6) is 0 Å². The molecule has 2 rings (SSSR count). The summed E-state index contributed by atoms with van der Waals surface area (Å²) in [6, 6.07) is 0. The fourth-order valence-electron chi connectivity index (χ4n) is 1.51. The van der Waals surface area contributed by atoms with Crippen molar-refractivity contribution in [2.45, 2.75) is 39.8 Å². The fraction of sp³-hybridized carbons (Fsp3) is 0.636. The van der Waals surface area contributed by atoms with Crippen LogP contribution in [0.2, 0.25) is 0 Å². The highest BCUT2D eigenvalue weighted by Gasteiger charge is 2.11. The minimum atomic E-state index is -0.625. The molecule has 1 unspecified atom stereocenters. The van der Waals surface area contributed by atoms with Gasteiger partial charge in [-0.2, -0.15) is 4.98 Å². The summed E-state index contributed by atoms with van der Waals surface area (Å²) >= 11 is 0. The average Bonchev–Trinajstić information content (AvgIpc) is 2.88. The van der Waals surface area contributed by atoms with Crippen LogP contribution in [-0.2, 0) is 13.0 Å². The Morgan fingerprint density at radius 1 is 1.39 bits per heavy atom. The zero-order valence-electron chi connectivity index (χ0n) is 10.7. The molecule has 7 nitrogen and oxygen atoms in total. The van der Waals surface area contributed by atoms with Crippen LogP contribution in [0.25, 0.3) is 0 Å². The summed E-state index contributed by atoms with van der Waals surface area (Å²) in [7, 11) is 0. The lowest BCUT2D eigenvalue weighted by atomic mass is 10.1. The first kappa shape index (κ1) is 12.7. The molecule has 0 aliphatic rings. The Labute approximate surface area is 105 Å². The van der Waals surface area contributed by atoms with E-state index in [1.807, 2.05) is 0 Å². The van der Waals surface area contributed by atoms with Gasteiger partial charge >= 0.3 is 0 Å². The highest BCUT2D eigenvalue weighted by atomic mass is 16.5. The molecule has 7 heteroatoms. The standard InChI is InChI=1S/C11H17N5O2/c1-7(2)4-11-12-10(14-18-11)6-16-5-9(8(3)17)13-15-16/h5,7-8,17H,4,6H2,1-3H3. The fourth-order valence-corrected chi connectivity index (χ4v) is 1.51. The van der Waals surface area contributed by atoms with E-state index < -0.39 is 6.10 Å². The molecule has 1 atom stereocenters. The predicted molar refractivity (Wildman–Crippen MR) is 62.6 cm³/mol. The molecule has 0 radical (unpaired) electrons. The number of hydrogen-bond donors (Lipinski definition) is 1. The van der Waals surface area contributed by atoms with E-state index >= 15 is 0 Å². The molecule has 0 bridgehead atoms. The summed E-state index contributed by atoms with van der Waals surface area (Å²) in [5, 5.41) is 21.0. The van der Waals surface area contributed by atoms with Crippen molar-refractivity contribution < 1.29 is 9.63 Å². The molecule has 0 amide bonds. The predicted octanol–water partition coefficient (Wildman–Crippen LogP) is 0.961. The van der Waals surface area contributed by atoms with Gasteiger partial charge in [-0.1, -0.05) is 24.2 Å². The quantitative estimate of drug-likeness (QED) is 0.851. The second-order valence-corrected chi connectivity index (χ2v) is 4.72. The Hall–Kier alpha value is -1.76. The maximum absolute atomic E-state index is 9.34. The number of rotatable bonds is 5. The molecule has 0 saturated carbocycles. The third-order valence-corrected chi connectivity index (χ3v) is 2.38. The molecule has 0 aliphatic carbocycles. The van der Waals surface area contributed by atoms with Crippen LogP contribution in [0.4, 0.5) is 0 Å². The Kier molecular flexibility index (Phi) is 3.71. The topological polar surface area (TPSA) is 89.9 Å². The molecular formula is C11H17N5O2. The van der Waals surface area contributed by atoms with E-state index in [-0.39, 0.29) is 0 Å². The largest absolute Gasteiger partial charge is 0.387 e. The Morgan fingerprint density at radius 2 is 2.17 bits per heavy atom. The van der Waals surface area contributed by atoms with E-state index in [9.17, 15) is 5.11 Å². The Morgan fingerprint density at radius 3 is 2.78 bits per heavy atom. The van der Waals surface area contributed by atoms with Gasteiger partial charge in [0.05, 0.1) is 12.3 Å². The zero-order valence-corrected chi connectivity index (χ0v) is 10.7. The van der Waals surface area contributed by atoms with E-state index in [0.717, 1.165) is 6.42 Å². The van der Waals surface area contributed by atoms with Crippen molar-refractivity contribution in [3.63, 3.8) is 0 Å². The number of aromatic nitrogens is 5. The second kappa shape index (κ2) is 5.26. The van der Waals surface area contributed by atoms with Crippen molar-refractivity contribution >= 4 is 0 Å². The van der Waals surface area contributed by atoms with Crippen LogP contribution in [0.15, 0.2) is 10.7 Å². The maximum atomic E-state index is 9.34. The van der Waals surface area contributed by atoms with E-state index in [4.69, 9.17) is 4.52 Å². The van der Waals surface area contributed by atoms with Gasteiger partial charge in [0, 0.05) is 6.42 Å². The van der Waals surface area contributed by atoms with Crippen molar-refractivity contribution in [3.8, 4) is 0 Å². The van der Waals surface area contributed by atoms with Crippen LogP contribution >= 0.6 is 0 Å². The summed E-state index contributed by atoms with van der Waals surface area (Å²) in [5.41, 5.74) is 0.529. The molecule has 2 aromatic heterocycles. The minimum absolute atomic E-state index is 0.390. The lowest BCUT2D eigenvalue weighted by Crippen LogP contribution is -2.02. The van der Waals surface area contributed by atoms with Gasteiger partial charge in [0.2, 0.25) is 5.89 Å². The van der Waals surface area contributed by atoms with Crippen molar-refractivity contribution in [2.75, 3.05) is 0 Å². The summed E-state index contributed by atoms with van der Waals surface area (Å²) < 4.78 is 6.71. The van der Waals surface area contributed by atoms with Gasteiger partial charge in [0.15, 0.2) is 5.82 Å². The SMILES string of the molecule is CC(C)Cc1nc(Cn2cc(C(C)O)nn2)no1. The molecule has 0 saturated heterocycles. The molecule has 0 fully saturated rings. The van der Waals surface area contributed by atoms with Crippen molar-refractivity contribution in [1.29, 1.82) is 0 Å². The number of nitrogens with zero attached hydrogens (tertiary/aromatic N) is 5. The lowest BCUT2D eigenvalue weighted by Gasteiger charge is -1.96. The molecule has 0 spiro atoms. The van der Waals surface area contributed by atoms with Crippen LogP contribution in [0.1, 0.15) is 44.3 Å². The zero-order chi connectivity index (χ0) is 13.1. The van der Waals surface area contributed by atoms with Gasteiger partial charge in [-0.25, -0.2) is 4.68 Å². The Balaban J connectivity index is 2.02. The van der Waals surface area contributed by atoms with E-state index in [0.29, 0.717) is 29.9 Å². The van der Waals surface area contributed by atoms with Gasteiger partial charge in [-0.15, -0.1) is 5.10 Å². The normalized spacial score (nSPS) is 13.2. The molecule has 0 aliphatic heterocycles. The smallest absolute Gasteiger partial charge is 0.226 e. The van der Waals surface area contributed by atoms with Gasteiger partial charge in [-0.05, 0) is 12.8 Å². The molecule has 18 heavy (non-hydrogen) atoms. The summed E-state index contributed by atoms with van der Waals surface area (Å²) in [4.78, 5) is 4.27. The van der Waals surface area contributed by atoms with Crippen molar-refractivity contribution in [1.82, 2.24) is 25.1 Å². The van der Waals surface area contributed by atoms with E-state index in [2.05, 4.69) is 34.3 Å². The number of hydrogen-bond acceptors (Lipinski definition) is 6. The second-order valence-electron chi connectivity index (χ2n) is 4.72. The first-order valence-electron chi connectivity index (χ1n) is 5.94. The summed E-state index contributed by atoms with van der Waals surface area (Å²) in [6.45, 7) is 6.22. The summed E-state index contributed by atoms with van der Waals surface area (Å²) in [5.74, 6) is 1.68. The third kappa shape index (κ3) is 3.13. The maximum Gasteiger partial charge on any atom is 0.226 e. The molecule has 98 valence electrons. The van der Waals surface area contributed by atoms with Crippen molar-refractivity contribution in [3.05, 3.63) is 23.6 Å². The monoisotopic (exact) mass is 251 g/mol. The first-order valence-corrected chi connectivity index (χ1v) is 5.94. The van der Waals surface area contributed by atoms with Gasteiger partial charge in [-0.3, -0.25) is 0 Å². The van der Waals surface area contributed by atoms with Crippen LogP contribution in [0, 0.1) is 5.92 Å². The average molecular weight is 251 g/mol. The molecular weight excluding hydrogens is 234 g/mol. The number of aliphatic hydroxyl groups is 1. The summed E-state index contributed by atoms with van der Waals surface area (Å²) in [6.07, 6.45) is 1.81. The molecule has 2 aromatic rings. The lowest BCUT2D eigenvalue weighted by molar-refractivity contribution is 0.194. The minimum Gasteiger partial charge on any atom is -0.387 e. The van der Waals surface area contributed by atoms with Crippen molar-refractivity contribution in [2.24, 2.45) is 5.92 Å². The van der Waals surface area contributed by atoms with Gasteiger partial charge < -0.3 is 9.63 Å². The molecule has 1 N–H and O–H groups in total. The van der Waals surface area contributed by atoms with Crippen LogP contribution in [0.3, 0.4) is 0 Å². The molecule has 0 aromatic carbocycles. The highest BCUT2D eigenvalue weighted by Crippen LogP contribution is 2.09. The molecule has 2 heterocycles. The van der Waals surface area contributed by atoms with E-state index in [1.165, 1.54) is 0 Å². The van der Waals surface area contributed by atoms with Gasteiger partial charge in [0.25, 0.3) is 0 Å². The number of aliphatic hydroxyl groups excluding tert-OH is 1.